The zero-order chi connectivity index (χ0) is 13.0. The number of rotatable bonds is 2. The van der Waals surface area contributed by atoms with Crippen molar-refractivity contribution < 1.29 is 9.18 Å². The van der Waals surface area contributed by atoms with Crippen molar-refractivity contribution in [1.29, 1.82) is 0 Å². The first-order valence-electron chi connectivity index (χ1n) is 6.19. The summed E-state index contributed by atoms with van der Waals surface area (Å²) < 4.78 is 13.3. The van der Waals surface area contributed by atoms with E-state index in [1.54, 1.807) is 19.1 Å². The molecule has 1 aliphatic heterocycles. The first-order chi connectivity index (χ1) is 8.65. The predicted octanol–water partition coefficient (Wildman–Crippen LogP) is 2.01. The summed E-state index contributed by atoms with van der Waals surface area (Å²) in [5.41, 5.74) is 1.05. The predicted molar refractivity (Wildman–Crippen MR) is 69.2 cm³/mol. The minimum absolute atomic E-state index is 0.196. The van der Waals surface area contributed by atoms with Crippen LogP contribution >= 0.6 is 0 Å². The normalized spacial score (nSPS) is 16.3. The van der Waals surface area contributed by atoms with Crippen molar-refractivity contribution in [1.82, 2.24) is 10.6 Å². The largest absolute Gasteiger partial charge is 0.335 e. The van der Waals surface area contributed by atoms with Gasteiger partial charge in [0.25, 0.3) is 0 Å². The van der Waals surface area contributed by atoms with Crippen LogP contribution in [0.5, 0.6) is 0 Å². The number of carbonyl (C=O) groups is 1. The minimum atomic E-state index is -0.310. The molecule has 5 heteroatoms. The number of anilines is 1. The van der Waals surface area contributed by atoms with Crippen molar-refractivity contribution >= 4 is 11.7 Å². The van der Waals surface area contributed by atoms with E-state index in [4.69, 9.17) is 0 Å². The van der Waals surface area contributed by atoms with Gasteiger partial charge < -0.3 is 16.0 Å². The van der Waals surface area contributed by atoms with Crippen LogP contribution in [0.15, 0.2) is 18.2 Å². The fourth-order valence-electron chi connectivity index (χ4n) is 1.99. The van der Waals surface area contributed by atoms with Crippen molar-refractivity contribution in [3.05, 3.63) is 29.6 Å². The van der Waals surface area contributed by atoms with Crippen LogP contribution in [0.4, 0.5) is 14.9 Å². The van der Waals surface area contributed by atoms with Gasteiger partial charge in [-0.1, -0.05) is 6.07 Å². The number of benzene rings is 1. The van der Waals surface area contributed by atoms with E-state index in [1.807, 2.05) is 0 Å². The fourth-order valence-corrected chi connectivity index (χ4v) is 1.99. The van der Waals surface area contributed by atoms with Gasteiger partial charge in [0.15, 0.2) is 0 Å². The second-order valence-electron chi connectivity index (χ2n) is 4.59. The van der Waals surface area contributed by atoms with E-state index >= 15 is 0 Å². The van der Waals surface area contributed by atoms with Crippen LogP contribution in [0.25, 0.3) is 0 Å². The Balaban J connectivity index is 1.88. The Labute approximate surface area is 106 Å². The van der Waals surface area contributed by atoms with Crippen molar-refractivity contribution in [2.45, 2.75) is 25.8 Å². The molecule has 0 aliphatic carbocycles. The molecule has 0 spiro atoms. The number of aryl methyl sites for hydroxylation is 1. The van der Waals surface area contributed by atoms with Gasteiger partial charge in [-0.05, 0) is 50.6 Å². The second kappa shape index (κ2) is 5.82. The van der Waals surface area contributed by atoms with E-state index < -0.39 is 0 Å². The Morgan fingerprint density at radius 3 is 2.78 bits per heavy atom. The lowest BCUT2D eigenvalue weighted by Crippen LogP contribution is -2.44. The summed E-state index contributed by atoms with van der Waals surface area (Å²) in [5, 5.41) is 8.77. The van der Waals surface area contributed by atoms with Crippen LogP contribution in [-0.2, 0) is 0 Å². The molecule has 0 radical (unpaired) electrons. The Morgan fingerprint density at radius 1 is 1.39 bits per heavy atom. The Hall–Kier alpha value is -1.62. The maximum atomic E-state index is 13.3. The first-order valence-corrected chi connectivity index (χ1v) is 6.19. The molecule has 1 aliphatic rings. The van der Waals surface area contributed by atoms with Crippen molar-refractivity contribution in [2.75, 3.05) is 18.4 Å². The molecule has 0 bridgehead atoms. The summed E-state index contributed by atoms with van der Waals surface area (Å²) in [6.45, 7) is 3.53. The van der Waals surface area contributed by atoms with Crippen LogP contribution in [0, 0.1) is 12.7 Å². The molecular formula is C13H18FN3O. The smallest absolute Gasteiger partial charge is 0.319 e. The summed E-state index contributed by atoms with van der Waals surface area (Å²) in [6.07, 6.45) is 1.85. The monoisotopic (exact) mass is 251 g/mol. The molecule has 1 aromatic carbocycles. The zero-order valence-corrected chi connectivity index (χ0v) is 10.4. The van der Waals surface area contributed by atoms with Gasteiger partial charge in [0.1, 0.15) is 5.82 Å². The van der Waals surface area contributed by atoms with Crippen molar-refractivity contribution in [3.63, 3.8) is 0 Å². The third kappa shape index (κ3) is 3.43. The topological polar surface area (TPSA) is 53.2 Å². The van der Waals surface area contributed by atoms with E-state index in [1.165, 1.54) is 6.07 Å². The van der Waals surface area contributed by atoms with E-state index in [0.29, 0.717) is 11.3 Å². The van der Waals surface area contributed by atoms with Crippen molar-refractivity contribution in [2.24, 2.45) is 0 Å². The molecule has 0 unspecified atom stereocenters. The van der Waals surface area contributed by atoms with Gasteiger partial charge >= 0.3 is 6.03 Å². The number of amides is 2. The highest BCUT2D eigenvalue weighted by atomic mass is 19.1. The van der Waals surface area contributed by atoms with Crippen LogP contribution in [0.1, 0.15) is 18.4 Å². The van der Waals surface area contributed by atoms with Gasteiger partial charge in [-0.2, -0.15) is 0 Å². The van der Waals surface area contributed by atoms with Crippen LogP contribution in [0.3, 0.4) is 0 Å². The fraction of sp³-hybridized carbons (Fsp3) is 0.462. The third-order valence-corrected chi connectivity index (χ3v) is 3.10. The van der Waals surface area contributed by atoms with Crippen LogP contribution in [-0.4, -0.2) is 25.2 Å². The molecule has 1 aromatic rings. The van der Waals surface area contributed by atoms with E-state index in [9.17, 15) is 9.18 Å². The van der Waals surface area contributed by atoms with Crippen LogP contribution in [0.2, 0.25) is 0 Å². The molecule has 0 saturated carbocycles. The number of carbonyl (C=O) groups excluding carboxylic acids is 1. The molecule has 18 heavy (non-hydrogen) atoms. The number of hydrogen-bond donors (Lipinski definition) is 3. The molecular weight excluding hydrogens is 233 g/mol. The zero-order valence-electron chi connectivity index (χ0n) is 10.4. The molecule has 0 atom stereocenters. The summed E-state index contributed by atoms with van der Waals surface area (Å²) in [4.78, 5) is 11.7. The molecule has 1 saturated heterocycles. The summed E-state index contributed by atoms with van der Waals surface area (Å²) >= 11 is 0. The quantitative estimate of drug-likeness (QED) is 0.753. The number of halogens is 1. The highest BCUT2D eigenvalue weighted by molar-refractivity contribution is 5.89. The number of urea groups is 1. The van der Waals surface area contributed by atoms with Crippen molar-refractivity contribution in [3.8, 4) is 0 Å². The summed E-state index contributed by atoms with van der Waals surface area (Å²) in [6, 6.07) is 4.60. The number of nitrogens with one attached hydrogen (secondary N) is 3. The van der Waals surface area contributed by atoms with Gasteiger partial charge in [-0.3, -0.25) is 0 Å². The molecule has 2 amide bonds. The standard InChI is InChI=1S/C13H18FN3O/c1-9-2-3-11(8-12(9)14)17-13(18)16-10-4-6-15-7-5-10/h2-3,8,10,15H,4-7H2,1H3,(H2,16,17,18). The summed E-state index contributed by atoms with van der Waals surface area (Å²) in [7, 11) is 0. The maximum Gasteiger partial charge on any atom is 0.319 e. The Morgan fingerprint density at radius 2 is 2.11 bits per heavy atom. The Kier molecular flexibility index (Phi) is 4.15. The molecule has 98 valence electrons. The third-order valence-electron chi connectivity index (χ3n) is 3.10. The average molecular weight is 251 g/mol. The maximum absolute atomic E-state index is 13.3. The average Bonchev–Trinajstić information content (AvgIpc) is 2.35. The first kappa shape index (κ1) is 12.8. The van der Waals surface area contributed by atoms with Crippen LogP contribution < -0.4 is 16.0 Å². The molecule has 3 N–H and O–H groups in total. The SMILES string of the molecule is Cc1ccc(NC(=O)NC2CCNCC2)cc1F. The minimum Gasteiger partial charge on any atom is -0.335 e. The van der Waals surface area contributed by atoms with E-state index in [0.717, 1.165) is 25.9 Å². The van der Waals surface area contributed by atoms with E-state index in [-0.39, 0.29) is 17.9 Å². The van der Waals surface area contributed by atoms with Gasteiger partial charge in [-0.25, -0.2) is 9.18 Å². The molecule has 2 rings (SSSR count). The molecule has 4 nitrogen and oxygen atoms in total. The Bertz CT molecular complexity index is 430. The van der Waals surface area contributed by atoms with E-state index in [2.05, 4.69) is 16.0 Å². The summed E-state index contributed by atoms with van der Waals surface area (Å²) in [5.74, 6) is -0.310. The second-order valence-corrected chi connectivity index (χ2v) is 4.59. The van der Waals surface area contributed by atoms with Gasteiger partial charge in [0, 0.05) is 11.7 Å². The van der Waals surface area contributed by atoms with Gasteiger partial charge in [0.2, 0.25) is 0 Å². The lowest BCUT2D eigenvalue weighted by atomic mass is 10.1. The highest BCUT2D eigenvalue weighted by Gasteiger charge is 2.15. The van der Waals surface area contributed by atoms with Gasteiger partial charge in [-0.15, -0.1) is 0 Å². The molecule has 1 fully saturated rings. The number of piperidine rings is 1. The lowest BCUT2D eigenvalue weighted by Gasteiger charge is -2.23. The number of hydrogen-bond acceptors (Lipinski definition) is 2. The highest BCUT2D eigenvalue weighted by Crippen LogP contribution is 2.13. The van der Waals surface area contributed by atoms with Gasteiger partial charge in [0.05, 0.1) is 0 Å². The molecule has 1 heterocycles. The molecule has 0 aromatic heterocycles. The lowest BCUT2D eigenvalue weighted by molar-refractivity contribution is 0.245.